The lowest BCUT2D eigenvalue weighted by atomic mass is 10.1. The summed E-state index contributed by atoms with van der Waals surface area (Å²) in [4.78, 5) is 0. The molecule has 2 heteroatoms. The predicted octanol–water partition coefficient (Wildman–Crippen LogP) is 4.61. The Kier molecular flexibility index (Phi) is 5.02. The molecule has 0 spiro atoms. The molecule has 2 aromatic rings. The molecule has 0 atom stereocenters. The van der Waals surface area contributed by atoms with Gasteiger partial charge in [-0.3, -0.25) is 0 Å². The number of aryl methyl sites for hydroxylation is 1. The first-order chi connectivity index (χ1) is 8.45. The molecule has 0 aliphatic carbocycles. The molecule has 0 aliphatic heterocycles. The molecule has 0 saturated carbocycles. The molecule has 2 rings (SSSR count). The molecule has 98 valence electrons. The Morgan fingerprint density at radius 3 is 2.22 bits per heavy atom. The van der Waals surface area contributed by atoms with Crippen LogP contribution in [0.5, 0.6) is 11.5 Å². The minimum Gasteiger partial charge on any atom is -0.507 e. The fourth-order valence-electron chi connectivity index (χ4n) is 1.53. The van der Waals surface area contributed by atoms with Crippen LogP contribution >= 0.6 is 0 Å². The van der Waals surface area contributed by atoms with Crippen molar-refractivity contribution in [3.8, 4) is 11.5 Å². The quantitative estimate of drug-likeness (QED) is 0.771. The van der Waals surface area contributed by atoms with E-state index in [-0.39, 0.29) is 11.5 Å². The van der Waals surface area contributed by atoms with Crippen LogP contribution in [0, 0.1) is 12.8 Å². The van der Waals surface area contributed by atoms with Crippen molar-refractivity contribution < 1.29 is 10.2 Å². The molecule has 0 aliphatic rings. The smallest absolute Gasteiger partial charge is 0.127 e. The second kappa shape index (κ2) is 6.29. The summed E-state index contributed by atoms with van der Waals surface area (Å²) in [7, 11) is 0. The molecular weight excluding hydrogens is 224 g/mol. The zero-order valence-corrected chi connectivity index (χ0v) is 11.6. The highest BCUT2D eigenvalue weighted by Crippen LogP contribution is 2.33. The Hall–Kier alpha value is -1.70. The van der Waals surface area contributed by atoms with Gasteiger partial charge in [0.2, 0.25) is 0 Å². The van der Waals surface area contributed by atoms with E-state index >= 15 is 0 Å². The maximum absolute atomic E-state index is 9.57. The van der Waals surface area contributed by atoms with E-state index in [4.69, 9.17) is 0 Å². The van der Waals surface area contributed by atoms with Gasteiger partial charge in [-0.25, -0.2) is 0 Å². The standard InChI is InChI=1S/C11H10O2.C5H12/c1-7-5-8-3-2-4-9(12)11(8)10(13)6-7;1-4-5(2)3/h2-6,12-13H,1H3;5H,4H2,1-3H3. The second-order valence-corrected chi connectivity index (χ2v) is 4.96. The molecule has 2 aromatic carbocycles. The van der Waals surface area contributed by atoms with E-state index in [9.17, 15) is 10.2 Å². The third kappa shape index (κ3) is 3.66. The molecule has 0 amide bonds. The number of rotatable bonds is 1. The molecule has 18 heavy (non-hydrogen) atoms. The number of phenolic OH excluding ortho intramolecular Hbond substituents is 2. The number of fused-ring (bicyclic) bond motifs is 1. The first-order valence-electron chi connectivity index (χ1n) is 6.37. The summed E-state index contributed by atoms with van der Waals surface area (Å²) < 4.78 is 0. The van der Waals surface area contributed by atoms with Crippen LogP contribution in [0.2, 0.25) is 0 Å². The largest absolute Gasteiger partial charge is 0.507 e. The normalized spacial score (nSPS) is 10.3. The highest BCUT2D eigenvalue weighted by molar-refractivity contribution is 5.93. The summed E-state index contributed by atoms with van der Waals surface area (Å²) in [6.07, 6.45) is 1.31. The van der Waals surface area contributed by atoms with E-state index in [2.05, 4.69) is 20.8 Å². The average molecular weight is 246 g/mol. The lowest BCUT2D eigenvalue weighted by molar-refractivity contribution is 0.464. The van der Waals surface area contributed by atoms with Gasteiger partial charge >= 0.3 is 0 Å². The van der Waals surface area contributed by atoms with E-state index in [0.29, 0.717) is 5.39 Å². The number of benzene rings is 2. The molecule has 0 unspecified atom stereocenters. The van der Waals surface area contributed by atoms with Gasteiger partial charge in [-0.2, -0.15) is 0 Å². The predicted molar refractivity (Wildman–Crippen MR) is 77.1 cm³/mol. The summed E-state index contributed by atoms with van der Waals surface area (Å²) >= 11 is 0. The minimum atomic E-state index is 0.120. The number of aromatic hydroxyl groups is 2. The Labute approximate surface area is 109 Å². The van der Waals surface area contributed by atoms with Crippen molar-refractivity contribution in [3.05, 3.63) is 35.9 Å². The highest BCUT2D eigenvalue weighted by atomic mass is 16.3. The van der Waals surface area contributed by atoms with E-state index in [1.807, 2.05) is 19.1 Å². The van der Waals surface area contributed by atoms with Gasteiger partial charge in [0.1, 0.15) is 11.5 Å². The van der Waals surface area contributed by atoms with Gasteiger partial charge in [0, 0.05) is 0 Å². The Bertz CT molecular complexity index is 516. The Morgan fingerprint density at radius 2 is 1.67 bits per heavy atom. The van der Waals surface area contributed by atoms with Gasteiger partial charge in [0.05, 0.1) is 5.39 Å². The molecule has 2 nitrogen and oxygen atoms in total. The third-order valence-corrected chi connectivity index (χ3v) is 2.89. The van der Waals surface area contributed by atoms with Crippen molar-refractivity contribution >= 4 is 10.8 Å². The lowest BCUT2D eigenvalue weighted by Crippen LogP contribution is -1.78. The van der Waals surface area contributed by atoms with Crippen molar-refractivity contribution in [1.82, 2.24) is 0 Å². The molecule has 0 aromatic heterocycles. The summed E-state index contributed by atoms with van der Waals surface area (Å²) in [5.74, 6) is 1.14. The number of hydrogen-bond acceptors (Lipinski definition) is 2. The second-order valence-electron chi connectivity index (χ2n) is 4.96. The van der Waals surface area contributed by atoms with E-state index in [1.165, 1.54) is 6.42 Å². The van der Waals surface area contributed by atoms with E-state index in [1.54, 1.807) is 18.2 Å². The summed E-state index contributed by atoms with van der Waals surface area (Å²) in [6.45, 7) is 8.55. The van der Waals surface area contributed by atoms with Crippen LogP contribution in [0.1, 0.15) is 32.8 Å². The van der Waals surface area contributed by atoms with Gasteiger partial charge in [0.15, 0.2) is 0 Å². The molecule has 0 fully saturated rings. The van der Waals surface area contributed by atoms with Crippen molar-refractivity contribution in [2.75, 3.05) is 0 Å². The van der Waals surface area contributed by atoms with Crippen molar-refractivity contribution in [2.45, 2.75) is 34.1 Å². The van der Waals surface area contributed by atoms with Gasteiger partial charge < -0.3 is 10.2 Å². The van der Waals surface area contributed by atoms with E-state index in [0.717, 1.165) is 16.9 Å². The van der Waals surface area contributed by atoms with Crippen LogP contribution < -0.4 is 0 Å². The highest BCUT2D eigenvalue weighted by Gasteiger charge is 2.04. The molecule has 0 heterocycles. The lowest BCUT2D eigenvalue weighted by Gasteiger charge is -2.04. The maximum atomic E-state index is 9.57. The number of phenols is 2. The summed E-state index contributed by atoms with van der Waals surface area (Å²) in [6, 6.07) is 8.76. The van der Waals surface area contributed by atoms with Crippen molar-refractivity contribution in [2.24, 2.45) is 5.92 Å². The van der Waals surface area contributed by atoms with Crippen molar-refractivity contribution in [1.29, 1.82) is 0 Å². The number of hydrogen-bond donors (Lipinski definition) is 2. The van der Waals surface area contributed by atoms with Crippen LogP contribution in [0.15, 0.2) is 30.3 Å². The van der Waals surface area contributed by atoms with Gasteiger partial charge in [-0.15, -0.1) is 0 Å². The molecule has 0 radical (unpaired) electrons. The van der Waals surface area contributed by atoms with Crippen molar-refractivity contribution in [3.63, 3.8) is 0 Å². The first-order valence-corrected chi connectivity index (χ1v) is 6.37. The van der Waals surface area contributed by atoms with Gasteiger partial charge in [-0.05, 0) is 35.9 Å². The molecule has 0 bridgehead atoms. The van der Waals surface area contributed by atoms with Crippen LogP contribution in [0.4, 0.5) is 0 Å². The average Bonchev–Trinajstić information content (AvgIpc) is 2.28. The monoisotopic (exact) mass is 246 g/mol. The SMILES string of the molecule is CCC(C)C.Cc1cc(O)c2c(O)cccc2c1. The van der Waals surface area contributed by atoms with Gasteiger partial charge in [-0.1, -0.05) is 45.4 Å². The first kappa shape index (κ1) is 14.4. The zero-order chi connectivity index (χ0) is 13.7. The van der Waals surface area contributed by atoms with Crippen LogP contribution in [0.25, 0.3) is 10.8 Å². The topological polar surface area (TPSA) is 40.5 Å². The summed E-state index contributed by atoms with van der Waals surface area (Å²) in [5, 5.41) is 20.4. The summed E-state index contributed by atoms with van der Waals surface area (Å²) in [5.41, 5.74) is 0.982. The molecule has 2 N–H and O–H groups in total. The minimum absolute atomic E-state index is 0.120. The molecular formula is C16H22O2. The fourth-order valence-corrected chi connectivity index (χ4v) is 1.53. The maximum Gasteiger partial charge on any atom is 0.127 e. The van der Waals surface area contributed by atoms with Crippen LogP contribution in [-0.2, 0) is 0 Å². The third-order valence-electron chi connectivity index (χ3n) is 2.89. The van der Waals surface area contributed by atoms with E-state index < -0.39 is 0 Å². The molecule has 0 saturated heterocycles. The van der Waals surface area contributed by atoms with Crippen LogP contribution in [0.3, 0.4) is 0 Å². The van der Waals surface area contributed by atoms with Gasteiger partial charge in [0.25, 0.3) is 0 Å². The Balaban J connectivity index is 0.000000280. The Morgan fingerprint density at radius 1 is 1.06 bits per heavy atom. The fraction of sp³-hybridized carbons (Fsp3) is 0.375. The zero-order valence-electron chi connectivity index (χ0n) is 11.6. The van der Waals surface area contributed by atoms with Crippen LogP contribution in [-0.4, -0.2) is 10.2 Å².